The Morgan fingerprint density at radius 2 is 2.10 bits per heavy atom. The second-order valence-corrected chi connectivity index (χ2v) is 4.89. The van der Waals surface area contributed by atoms with Gasteiger partial charge in [0.1, 0.15) is 6.10 Å². The molecule has 1 aromatic carbocycles. The van der Waals surface area contributed by atoms with E-state index in [4.69, 9.17) is 19.7 Å². The van der Waals surface area contributed by atoms with Crippen LogP contribution in [0, 0.1) is 0 Å². The Morgan fingerprint density at radius 3 is 2.71 bits per heavy atom. The molecule has 0 radical (unpaired) electrons. The molecule has 5 atom stereocenters. The van der Waals surface area contributed by atoms with Gasteiger partial charge in [-0.2, -0.15) is 0 Å². The van der Waals surface area contributed by atoms with Crippen LogP contribution in [0.4, 0.5) is 0 Å². The highest BCUT2D eigenvalue weighted by Gasteiger charge is 2.44. The van der Waals surface area contributed by atoms with Gasteiger partial charge in [0.25, 0.3) is 0 Å². The third kappa shape index (κ3) is 3.72. The van der Waals surface area contributed by atoms with Gasteiger partial charge in [0.2, 0.25) is 0 Å². The number of ether oxygens (including phenoxy) is 3. The number of azide groups is 1. The minimum atomic E-state index is -1.02. The normalized spacial score (nSPS) is 32.4. The predicted octanol–water partition coefficient (Wildman–Crippen LogP) is 2.00. The molecule has 1 saturated heterocycles. The van der Waals surface area contributed by atoms with Gasteiger partial charge in [0.05, 0.1) is 24.9 Å². The van der Waals surface area contributed by atoms with E-state index in [2.05, 4.69) is 10.0 Å². The molecule has 0 bridgehead atoms. The second kappa shape index (κ2) is 7.40. The number of hydrogen-bond acceptors (Lipinski definition) is 5. The lowest BCUT2D eigenvalue weighted by Crippen LogP contribution is -2.57. The molecule has 0 aromatic heterocycles. The molecule has 1 heterocycles. The van der Waals surface area contributed by atoms with E-state index < -0.39 is 30.6 Å². The third-order valence-electron chi connectivity index (χ3n) is 3.48. The van der Waals surface area contributed by atoms with E-state index in [0.717, 1.165) is 5.56 Å². The summed E-state index contributed by atoms with van der Waals surface area (Å²) in [7, 11) is 1.45. The van der Waals surface area contributed by atoms with Crippen LogP contribution in [-0.4, -0.2) is 42.9 Å². The Balaban J connectivity index is 2.11. The van der Waals surface area contributed by atoms with Gasteiger partial charge in [0, 0.05) is 12.0 Å². The van der Waals surface area contributed by atoms with Gasteiger partial charge in [-0.15, -0.1) is 0 Å². The largest absolute Gasteiger partial charge is 0.385 e. The fraction of sp³-hybridized carbons (Fsp3) is 0.571. The number of benzene rings is 1. The second-order valence-electron chi connectivity index (χ2n) is 4.89. The number of aliphatic hydroxyl groups excluding tert-OH is 1. The van der Waals surface area contributed by atoms with Gasteiger partial charge in [-0.05, 0) is 18.0 Å². The van der Waals surface area contributed by atoms with Crippen molar-refractivity contribution in [1.82, 2.24) is 0 Å². The van der Waals surface area contributed by atoms with E-state index in [0.29, 0.717) is 6.61 Å². The van der Waals surface area contributed by atoms with Crippen LogP contribution >= 0.6 is 0 Å². The summed E-state index contributed by atoms with van der Waals surface area (Å²) >= 11 is 0. The topological polar surface area (TPSA) is 96.7 Å². The van der Waals surface area contributed by atoms with Crippen molar-refractivity contribution in [3.05, 3.63) is 46.3 Å². The van der Waals surface area contributed by atoms with Crippen LogP contribution in [0.3, 0.4) is 0 Å². The minimum absolute atomic E-state index is 0.309. The Kier molecular flexibility index (Phi) is 5.55. The van der Waals surface area contributed by atoms with E-state index in [9.17, 15) is 5.11 Å². The molecule has 7 heteroatoms. The molecular weight excluding hydrogens is 274 g/mol. The average molecular weight is 293 g/mol. The van der Waals surface area contributed by atoms with Gasteiger partial charge in [-0.3, -0.25) is 0 Å². The number of nitrogens with zero attached hydrogens (tertiary/aromatic N) is 3. The zero-order valence-corrected chi connectivity index (χ0v) is 12.0. The SMILES string of the molecule is CO[C@H]1OC(C)C(N=[N+]=[N-])C(OCc2ccccc2)C1O. The molecular formula is C14H19N3O4. The quantitative estimate of drug-likeness (QED) is 0.510. The fourth-order valence-electron chi connectivity index (χ4n) is 2.37. The van der Waals surface area contributed by atoms with Gasteiger partial charge in [0.15, 0.2) is 6.29 Å². The number of hydrogen-bond donors (Lipinski definition) is 1. The number of aliphatic hydroxyl groups is 1. The molecule has 1 aromatic rings. The van der Waals surface area contributed by atoms with E-state index in [1.54, 1.807) is 6.92 Å². The van der Waals surface area contributed by atoms with E-state index in [-0.39, 0.29) is 0 Å². The van der Waals surface area contributed by atoms with Gasteiger partial charge < -0.3 is 19.3 Å². The van der Waals surface area contributed by atoms with Crippen LogP contribution in [0.5, 0.6) is 0 Å². The Hall–Kier alpha value is -1.63. The third-order valence-corrected chi connectivity index (χ3v) is 3.48. The fourth-order valence-corrected chi connectivity index (χ4v) is 2.37. The average Bonchev–Trinajstić information content (AvgIpc) is 2.51. The maximum Gasteiger partial charge on any atom is 0.185 e. The number of rotatable bonds is 5. The molecule has 114 valence electrons. The van der Waals surface area contributed by atoms with Crippen molar-refractivity contribution in [2.24, 2.45) is 5.11 Å². The molecule has 0 spiro atoms. The van der Waals surface area contributed by atoms with Crippen molar-refractivity contribution in [2.45, 2.75) is 44.2 Å². The van der Waals surface area contributed by atoms with Gasteiger partial charge in [-0.25, -0.2) is 0 Å². The van der Waals surface area contributed by atoms with E-state index in [1.165, 1.54) is 7.11 Å². The first kappa shape index (κ1) is 15.8. The van der Waals surface area contributed by atoms with Crippen LogP contribution in [-0.2, 0) is 20.8 Å². The Morgan fingerprint density at radius 1 is 1.38 bits per heavy atom. The van der Waals surface area contributed by atoms with Crippen molar-refractivity contribution < 1.29 is 19.3 Å². The standard InChI is InChI=1S/C14H19N3O4/c1-9-11(16-17-15)13(12(18)14(19-2)21-9)20-8-10-6-4-3-5-7-10/h3-7,9,11-14,18H,8H2,1-2H3/t9?,11?,12?,13?,14-/m0/s1. The van der Waals surface area contributed by atoms with E-state index >= 15 is 0 Å². The van der Waals surface area contributed by atoms with Crippen molar-refractivity contribution in [1.29, 1.82) is 0 Å². The summed E-state index contributed by atoms with van der Waals surface area (Å²) in [6, 6.07) is 8.96. The van der Waals surface area contributed by atoms with E-state index in [1.807, 2.05) is 30.3 Å². The summed E-state index contributed by atoms with van der Waals surface area (Å²) in [4.78, 5) is 2.81. The first-order chi connectivity index (χ1) is 10.2. The minimum Gasteiger partial charge on any atom is -0.385 e. The van der Waals surface area contributed by atoms with Gasteiger partial charge >= 0.3 is 0 Å². The molecule has 0 saturated carbocycles. The van der Waals surface area contributed by atoms with Gasteiger partial charge in [-0.1, -0.05) is 35.4 Å². The molecule has 7 nitrogen and oxygen atoms in total. The van der Waals surface area contributed by atoms with Crippen LogP contribution in [0.15, 0.2) is 35.4 Å². The summed E-state index contributed by atoms with van der Waals surface area (Å²) in [6.45, 7) is 2.07. The van der Waals surface area contributed by atoms with Crippen molar-refractivity contribution in [3.8, 4) is 0 Å². The molecule has 4 unspecified atom stereocenters. The van der Waals surface area contributed by atoms with Crippen molar-refractivity contribution in [3.63, 3.8) is 0 Å². The monoisotopic (exact) mass is 293 g/mol. The zero-order valence-electron chi connectivity index (χ0n) is 12.0. The van der Waals surface area contributed by atoms with Crippen LogP contribution < -0.4 is 0 Å². The lowest BCUT2D eigenvalue weighted by molar-refractivity contribution is -0.269. The van der Waals surface area contributed by atoms with Crippen LogP contribution in [0.2, 0.25) is 0 Å². The Labute approximate surface area is 123 Å². The highest BCUT2D eigenvalue weighted by molar-refractivity contribution is 5.13. The Bertz CT molecular complexity index is 492. The molecule has 1 fully saturated rings. The summed E-state index contributed by atoms with van der Waals surface area (Å²) < 4.78 is 16.3. The first-order valence-corrected chi connectivity index (χ1v) is 6.73. The molecule has 0 aliphatic carbocycles. The lowest BCUT2D eigenvalue weighted by Gasteiger charge is -2.41. The maximum atomic E-state index is 10.3. The van der Waals surface area contributed by atoms with Crippen LogP contribution in [0.25, 0.3) is 10.4 Å². The lowest BCUT2D eigenvalue weighted by atomic mass is 9.97. The highest BCUT2D eigenvalue weighted by atomic mass is 16.7. The summed E-state index contributed by atoms with van der Waals surface area (Å²) in [5.41, 5.74) is 9.65. The zero-order chi connectivity index (χ0) is 15.2. The molecule has 1 N–H and O–H groups in total. The number of methoxy groups -OCH3 is 1. The smallest absolute Gasteiger partial charge is 0.185 e. The van der Waals surface area contributed by atoms with Crippen molar-refractivity contribution >= 4 is 0 Å². The van der Waals surface area contributed by atoms with Crippen LogP contribution in [0.1, 0.15) is 12.5 Å². The molecule has 1 aliphatic rings. The molecule has 2 rings (SSSR count). The summed E-state index contributed by atoms with van der Waals surface area (Å²) in [6.07, 6.45) is -2.92. The summed E-state index contributed by atoms with van der Waals surface area (Å²) in [5, 5.41) is 14.0. The predicted molar refractivity (Wildman–Crippen MR) is 75.3 cm³/mol. The molecule has 1 aliphatic heterocycles. The maximum absolute atomic E-state index is 10.3. The van der Waals surface area contributed by atoms with Crippen molar-refractivity contribution in [2.75, 3.05) is 7.11 Å². The molecule has 21 heavy (non-hydrogen) atoms. The summed E-state index contributed by atoms with van der Waals surface area (Å²) in [5.74, 6) is 0. The highest BCUT2D eigenvalue weighted by Crippen LogP contribution is 2.27. The molecule has 0 amide bonds. The first-order valence-electron chi connectivity index (χ1n) is 6.73.